The van der Waals surface area contributed by atoms with Gasteiger partial charge in [-0.05, 0) is 42.5 Å². The molecule has 0 unspecified atom stereocenters. The standard InChI is InChI=1S/C15H11Cl2NO3S/c16-9-1-4-11(5-2-9)22-8-14(19)18-13-7-10(17)3-6-12(13)15(20)21/h1-7H,8H2,(H,18,19)(H,20,21)/p-1. The van der Waals surface area contributed by atoms with Gasteiger partial charge in [0.05, 0.1) is 17.4 Å². The monoisotopic (exact) mass is 354 g/mol. The summed E-state index contributed by atoms with van der Waals surface area (Å²) in [6.07, 6.45) is 0. The molecular weight excluding hydrogens is 345 g/mol. The van der Waals surface area contributed by atoms with Gasteiger partial charge >= 0.3 is 0 Å². The van der Waals surface area contributed by atoms with Crippen molar-refractivity contribution in [2.24, 2.45) is 0 Å². The molecule has 0 fully saturated rings. The zero-order chi connectivity index (χ0) is 16.1. The molecule has 2 aromatic carbocycles. The van der Waals surface area contributed by atoms with E-state index in [0.717, 1.165) is 4.90 Å². The van der Waals surface area contributed by atoms with Crippen LogP contribution in [0.1, 0.15) is 10.4 Å². The molecule has 0 atom stereocenters. The van der Waals surface area contributed by atoms with Crippen LogP contribution in [0.3, 0.4) is 0 Å². The summed E-state index contributed by atoms with van der Waals surface area (Å²) in [5.74, 6) is -1.59. The lowest BCUT2D eigenvalue weighted by Crippen LogP contribution is -2.25. The van der Waals surface area contributed by atoms with Crippen molar-refractivity contribution in [1.29, 1.82) is 0 Å². The molecule has 1 N–H and O–H groups in total. The summed E-state index contributed by atoms with van der Waals surface area (Å²) in [4.78, 5) is 23.8. The predicted octanol–water partition coefficient (Wildman–Crippen LogP) is 3.09. The molecule has 22 heavy (non-hydrogen) atoms. The molecule has 2 aromatic rings. The van der Waals surface area contributed by atoms with Crippen LogP contribution in [0.15, 0.2) is 47.4 Å². The first-order chi connectivity index (χ1) is 10.5. The van der Waals surface area contributed by atoms with Crippen LogP contribution in [0.5, 0.6) is 0 Å². The number of anilines is 1. The Morgan fingerprint density at radius 2 is 1.68 bits per heavy atom. The molecule has 4 nitrogen and oxygen atoms in total. The van der Waals surface area contributed by atoms with Gasteiger partial charge in [-0.3, -0.25) is 4.79 Å². The quantitative estimate of drug-likeness (QED) is 0.837. The third kappa shape index (κ3) is 4.66. The topological polar surface area (TPSA) is 69.2 Å². The molecule has 114 valence electrons. The minimum atomic E-state index is -1.38. The number of carboxylic acids is 1. The van der Waals surface area contributed by atoms with Crippen molar-refractivity contribution in [2.45, 2.75) is 4.90 Å². The summed E-state index contributed by atoms with van der Waals surface area (Å²) < 4.78 is 0. The Kier molecular flexibility index (Phi) is 5.71. The number of hydrogen-bond acceptors (Lipinski definition) is 4. The zero-order valence-corrected chi connectivity index (χ0v) is 13.5. The van der Waals surface area contributed by atoms with Crippen molar-refractivity contribution in [3.05, 3.63) is 58.1 Å². The van der Waals surface area contributed by atoms with Gasteiger partial charge in [0.1, 0.15) is 0 Å². The van der Waals surface area contributed by atoms with Crippen LogP contribution in [0.25, 0.3) is 0 Å². The third-order valence-corrected chi connectivity index (χ3v) is 4.16. The van der Waals surface area contributed by atoms with Gasteiger partial charge in [0.2, 0.25) is 5.91 Å². The molecule has 0 heterocycles. The van der Waals surface area contributed by atoms with Crippen LogP contribution >= 0.6 is 35.0 Å². The molecule has 1 amide bonds. The van der Waals surface area contributed by atoms with E-state index in [1.807, 2.05) is 0 Å². The number of carbonyl (C=O) groups excluding carboxylic acids is 2. The van der Waals surface area contributed by atoms with Gasteiger partial charge in [-0.15, -0.1) is 11.8 Å². The smallest absolute Gasteiger partial charge is 0.234 e. The van der Waals surface area contributed by atoms with E-state index in [9.17, 15) is 14.7 Å². The Morgan fingerprint density at radius 3 is 2.32 bits per heavy atom. The minimum Gasteiger partial charge on any atom is -0.545 e. The first-order valence-corrected chi connectivity index (χ1v) is 7.89. The lowest BCUT2D eigenvalue weighted by molar-refractivity contribution is -0.254. The van der Waals surface area contributed by atoms with Gasteiger partial charge in [0.15, 0.2) is 0 Å². The number of halogens is 2. The second-order valence-corrected chi connectivity index (χ2v) is 6.19. The molecule has 7 heteroatoms. The number of nitrogens with one attached hydrogen (secondary N) is 1. The summed E-state index contributed by atoms with van der Waals surface area (Å²) in [6, 6.07) is 11.1. The molecule has 2 rings (SSSR count). The van der Waals surface area contributed by atoms with E-state index in [1.165, 1.54) is 30.0 Å². The van der Waals surface area contributed by atoms with Gasteiger partial charge in [-0.25, -0.2) is 0 Å². The maximum atomic E-state index is 11.9. The van der Waals surface area contributed by atoms with Crippen molar-refractivity contribution in [3.8, 4) is 0 Å². The summed E-state index contributed by atoms with van der Waals surface area (Å²) in [5.41, 5.74) is 0.00319. The predicted molar refractivity (Wildman–Crippen MR) is 86.6 cm³/mol. The average Bonchev–Trinajstić information content (AvgIpc) is 2.46. The molecule has 0 aliphatic rings. The van der Waals surface area contributed by atoms with E-state index in [0.29, 0.717) is 10.0 Å². The zero-order valence-electron chi connectivity index (χ0n) is 11.1. The second-order valence-electron chi connectivity index (χ2n) is 4.27. The first-order valence-electron chi connectivity index (χ1n) is 6.15. The van der Waals surface area contributed by atoms with E-state index < -0.39 is 5.97 Å². The van der Waals surface area contributed by atoms with E-state index in [2.05, 4.69) is 5.32 Å². The van der Waals surface area contributed by atoms with Gasteiger partial charge in [-0.1, -0.05) is 23.2 Å². The van der Waals surface area contributed by atoms with Crippen LogP contribution in [0.2, 0.25) is 10.0 Å². The normalized spacial score (nSPS) is 10.3. The second kappa shape index (κ2) is 7.54. The Labute approximate surface area is 141 Å². The fraction of sp³-hybridized carbons (Fsp3) is 0.0667. The van der Waals surface area contributed by atoms with Crippen LogP contribution in [0, 0.1) is 0 Å². The Hall–Kier alpha value is -1.69. The summed E-state index contributed by atoms with van der Waals surface area (Å²) in [7, 11) is 0. The highest BCUT2D eigenvalue weighted by Crippen LogP contribution is 2.23. The SMILES string of the molecule is O=C(CSc1ccc(Cl)cc1)Nc1cc(Cl)ccc1C(=O)[O-]. The summed E-state index contributed by atoms with van der Waals surface area (Å²) in [5, 5.41) is 14.5. The molecule has 0 saturated carbocycles. The van der Waals surface area contributed by atoms with Crippen molar-refractivity contribution < 1.29 is 14.7 Å². The van der Waals surface area contributed by atoms with Gasteiger partial charge in [-0.2, -0.15) is 0 Å². The molecular formula is C15H10Cl2NO3S-. The van der Waals surface area contributed by atoms with Crippen molar-refractivity contribution in [2.75, 3.05) is 11.1 Å². The van der Waals surface area contributed by atoms with E-state index in [4.69, 9.17) is 23.2 Å². The number of thioether (sulfide) groups is 1. The molecule has 0 bridgehead atoms. The number of aromatic carboxylic acids is 1. The molecule has 0 aliphatic heterocycles. The van der Waals surface area contributed by atoms with E-state index in [1.54, 1.807) is 24.3 Å². The number of benzene rings is 2. The molecule has 0 radical (unpaired) electrons. The summed E-state index contributed by atoms with van der Waals surface area (Å²) in [6.45, 7) is 0. The Balaban J connectivity index is 2.01. The highest BCUT2D eigenvalue weighted by molar-refractivity contribution is 8.00. The van der Waals surface area contributed by atoms with Crippen molar-refractivity contribution >= 4 is 52.5 Å². The average molecular weight is 355 g/mol. The maximum absolute atomic E-state index is 11.9. The number of hydrogen-bond donors (Lipinski definition) is 1. The lowest BCUT2D eigenvalue weighted by atomic mass is 10.2. The Morgan fingerprint density at radius 1 is 1.05 bits per heavy atom. The maximum Gasteiger partial charge on any atom is 0.234 e. The molecule has 0 saturated heterocycles. The highest BCUT2D eigenvalue weighted by atomic mass is 35.5. The van der Waals surface area contributed by atoms with Gasteiger partial charge in [0.25, 0.3) is 0 Å². The number of carbonyl (C=O) groups is 2. The van der Waals surface area contributed by atoms with E-state index >= 15 is 0 Å². The van der Waals surface area contributed by atoms with Crippen molar-refractivity contribution in [1.82, 2.24) is 0 Å². The van der Waals surface area contributed by atoms with Crippen LogP contribution in [-0.2, 0) is 4.79 Å². The minimum absolute atomic E-state index is 0.116. The molecule has 0 spiro atoms. The summed E-state index contributed by atoms with van der Waals surface area (Å²) >= 11 is 12.9. The fourth-order valence-corrected chi connectivity index (χ4v) is 2.66. The number of carboxylic acid groups (broad SMARTS) is 1. The molecule has 0 aliphatic carbocycles. The van der Waals surface area contributed by atoms with Crippen LogP contribution in [-0.4, -0.2) is 17.6 Å². The first kappa shape index (κ1) is 16.7. The van der Waals surface area contributed by atoms with Crippen molar-refractivity contribution in [3.63, 3.8) is 0 Å². The van der Waals surface area contributed by atoms with Gasteiger partial charge in [0, 0.05) is 20.5 Å². The fourth-order valence-electron chi connectivity index (χ4n) is 1.66. The largest absolute Gasteiger partial charge is 0.545 e. The lowest BCUT2D eigenvalue weighted by Gasteiger charge is -2.12. The molecule has 0 aromatic heterocycles. The van der Waals surface area contributed by atoms with Crippen LogP contribution in [0.4, 0.5) is 5.69 Å². The van der Waals surface area contributed by atoms with Crippen LogP contribution < -0.4 is 10.4 Å². The number of rotatable bonds is 5. The highest BCUT2D eigenvalue weighted by Gasteiger charge is 2.09. The Bertz CT molecular complexity index is 704. The van der Waals surface area contributed by atoms with Gasteiger partial charge < -0.3 is 15.2 Å². The third-order valence-electron chi connectivity index (χ3n) is 2.66. The number of amides is 1. The van der Waals surface area contributed by atoms with E-state index in [-0.39, 0.29) is 22.9 Å².